The van der Waals surface area contributed by atoms with Gasteiger partial charge in [0.15, 0.2) is 6.10 Å². The number of ether oxygens (including phenoxy) is 3. The molecule has 0 radical (unpaired) electrons. The van der Waals surface area contributed by atoms with Crippen LogP contribution in [0.3, 0.4) is 0 Å². The van der Waals surface area contributed by atoms with Crippen LogP contribution in [0.2, 0.25) is 0 Å². The first-order valence-electron chi connectivity index (χ1n) is 26.0. The van der Waals surface area contributed by atoms with E-state index in [-0.39, 0.29) is 42.7 Å². The molecule has 8 heteroatoms. The lowest BCUT2D eigenvalue weighted by molar-refractivity contribution is -0.889. The summed E-state index contributed by atoms with van der Waals surface area (Å²) < 4.78 is 17.3. The van der Waals surface area contributed by atoms with E-state index in [0.717, 1.165) is 57.8 Å². The molecule has 0 aromatic carbocycles. The molecule has 62 heavy (non-hydrogen) atoms. The Hall–Kier alpha value is -2.45. The van der Waals surface area contributed by atoms with E-state index < -0.39 is 18.1 Å². The number of carbonyl (C=O) groups excluding carboxylic acids is 3. The summed E-state index contributed by atoms with van der Waals surface area (Å²) in [6, 6.07) is -0.725. The van der Waals surface area contributed by atoms with Crippen molar-refractivity contribution >= 4 is 17.9 Å². The molecule has 0 aliphatic heterocycles. The van der Waals surface area contributed by atoms with Crippen LogP contribution >= 0.6 is 0 Å². The molecule has 2 atom stereocenters. The lowest BCUT2D eigenvalue weighted by Gasteiger charge is -2.34. The van der Waals surface area contributed by atoms with E-state index in [1.165, 1.54) is 148 Å². The Morgan fingerprint density at radius 2 is 0.903 bits per heavy atom. The Labute approximate surface area is 383 Å². The normalized spacial score (nSPS) is 13.1. The zero-order valence-corrected chi connectivity index (χ0v) is 41.3. The van der Waals surface area contributed by atoms with Crippen LogP contribution in [0.15, 0.2) is 36.5 Å². The van der Waals surface area contributed by atoms with Gasteiger partial charge in [-0.05, 0) is 44.9 Å². The van der Waals surface area contributed by atoms with Crippen LogP contribution in [0, 0.1) is 0 Å². The highest BCUT2D eigenvalue weighted by molar-refractivity contribution is 5.70. The molecule has 0 spiro atoms. The van der Waals surface area contributed by atoms with Gasteiger partial charge in [-0.2, -0.15) is 0 Å². The maximum Gasteiger partial charge on any atom is 0.306 e. The average molecular weight is 874 g/mol. The first-order chi connectivity index (χ1) is 30.1. The standard InChI is InChI=1S/C54H99NO7/c1-6-8-10-12-14-16-18-20-22-24-25-26-27-29-31-33-35-37-39-41-43-45-53(57)62-50(48-60-47-46-51(54(58)59)55(3,4)5)49-61-52(56)44-42-40-38-36-34-32-30-28-23-21-19-17-15-13-11-9-7-2/h8,10,14,16,20,22,50-51H,6-7,9,11-13,15,17-19,21,23-49H2,1-5H3/b10-8+,16-14+,22-20+. The number of carboxylic acids is 1. The molecular weight excluding hydrogens is 775 g/mol. The monoisotopic (exact) mass is 874 g/mol. The van der Waals surface area contributed by atoms with Crippen LogP contribution in [-0.4, -0.2) is 75.5 Å². The topological polar surface area (TPSA) is 102 Å². The number of hydrogen-bond acceptors (Lipinski definition) is 7. The molecule has 2 unspecified atom stereocenters. The second-order valence-corrected chi connectivity index (χ2v) is 18.7. The summed E-state index contributed by atoms with van der Waals surface area (Å²) in [5, 5.41) is 11.7. The van der Waals surface area contributed by atoms with Gasteiger partial charge in [-0.1, -0.05) is 211 Å². The predicted molar refractivity (Wildman–Crippen MR) is 259 cm³/mol. The minimum atomic E-state index is -1.12. The number of esters is 2. The van der Waals surface area contributed by atoms with Crippen molar-refractivity contribution in [2.45, 2.75) is 251 Å². The molecule has 0 fully saturated rings. The van der Waals surface area contributed by atoms with Gasteiger partial charge < -0.3 is 28.6 Å². The van der Waals surface area contributed by atoms with Gasteiger partial charge in [-0.15, -0.1) is 0 Å². The minimum absolute atomic E-state index is 0.0432. The van der Waals surface area contributed by atoms with E-state index in [1.807, 2.05) is 21.1 Å². The third-order valence-electron chi connectivity index (χ3n) is 11.8. The summed E-state index contributed by atoms with van der Waals surface area (Å²) in [7, 11) is 5.42. The number of nitrogens with zero attached hydrogens (tertiary/aromatic N) is 1. The number of aliphatic carboxylic acids is 1. The molecule has 0 saturated heterocycles. The van der Waals surface area contributed by atoms with Crippen LogP contribution in [0.25, 0.3) is 0 Å². The van der Waals surface area contributed by atoms with Crippen LogP contribution < -0.4 is 5.11 Å². The Morgan fingerprint density at radius 3 is 1.34 bits per heavy atom. The molecule has 0 amide bonds. The molecule has 0 aliphatic rings. The largest absolute Gasteiger partial charge is 0.544 e. The van der Waals surface area contributed by atoms with Gasteiger partial charge in [0, 0.05) is 19.3 Å². The first kappa shape index (κ1) is 59.5. The molecule has 0 aromatic heterocycles. The van der Waals surface area contributed by atoms with Crippen LogP contribution in [0.5, 0.6) is 0 Å². The molecule has 0 heterocycles. The quantitative estimate of drug-likeness (QED) is 0.0260. The van der Waals surface area contributed by atoms with E-state index >= 15 is 0 Å². The maximum absolute atomic E-state index is 12.8. The van der Waals surface area contributed by atoms with Crippen LogP contribution in [0.4, 0.5) is 0 Å². The Balaban J connectivity index is 4.21. The van der Waals surface area contributed by atoms with Crippen LogP contribution in [-0.2, 0) is 28.6 Å². The number of carboxylic acid groups (broad SMARTS) is 1. The fraction of sp³-hybridized carbons (Fsp3) is 0.833. The summed E-state index contributed by atoms with van der Waals surface area (Å²) in [5.74, 6) is -1.72. The molecule has 0 aliphatic carbocycles. The van der Waals surface area contributed by atoms with Gasteiger partial charge in [0.1, 0.15) is 12.6 Å². The fourth-order valence-electron chi connectivity index (χ4n) is 7.79. The number of rotatable bonds is 47. The zero-order valence-electron chi connectivity index (χ0n) is 41.3. The van der Waals surface area contributed by atoms with Crippen molar-refractivity contribution in [2.24, 2.45) is 0 Å². The highest BCUT2D eigenvalue weighted by atomic mass is 16.6. The summed E-state index contributed by atoms with van der Waals surface area (Å²) in [4.78, 5) is 37.0. The van der Waals surface area contributed by atoms with Gasteiger partial charge in [0.25, 0.3) is 0 Å². The van der Waals surface area contributed by atoms with Gasteiger partial charge in [0.05, 0.1) is 40.3 Å². The molecule has 0 rings (SSSR count). The molecule has 0 bridgehead atoms. The fourth-order valence-corrected chi connectivity index (χ4v) is 7.79. The van der Waals surface area contributed by atoms with Crippen molar-refractivity contribution in [3.8, 4) is 0 Å². The van der Waals surface area contributed by atoms with Gasteiger partial charge in [0.2, 0.25) is 0 Å². The predicted octanol–water partition coefficient (Wildman–Crippen LogP) is 13.6. The molecule has 0 aromatic rings. The Kier molecular flexibility index (Phi) is 43.3. The van der Waals surface area contributed by atoms with Crippen LogP contribution in [0.1, 0.15) is 239 Å². The van der Waals surface area contributed by atoms with E-state index in [0.29, 0.717) is 12.8 Å². The minimum Gasteiger partial charge on any atom is -0.544 e. The summed E-state index contributed by atoms with van der Waals surface area (Å²) >= 11 is 0. The lowest BCUT2D eigenvalue weighted by atomic mass is 10.0. The number of likely N-dealkylation sites (N-methyl/N-ethyl adjacent to an activating group) is 1. The van der Waals surface area contributed by atoms with Crippen molar-refractivity contribution in [2.75, 3.05) is 41.0 Å². The molecule has 362 valence electrons. The Bertz CT molecular complexity index is 1110. The highest BCUT2D eigenvalue weighted by Crippen LogP contribution is 2.16. The number of carbonyl (C=O) groups is 3. The van der Waals surface area contributed by atoms with E-state index in [4.69, 9.17) is 14.2 Å². The summed E-state index contributed by atoms with van der Waals surface area (Å²) in [6.45, 7) is 4.59. The van der Waals surface area contributed by atoms with Crippen molar-refractivity contribution in [3.63, 3.8) is 0 Å². The zero-order chi connectivity index (χ0) is 45.6. The van der Waals surface area contributed by atoms with E-state index in [1.54, 1.807) is 0 Å². The summed E-state index contributed by atoms with van der Waals surface area (Å²) in [6.07, 6.45) is 53.1. The molecular formula is C54H99NO7. The molecule has 0 N–H and O–H groups in total. The van der Waals surface area contributed by atoms with Gasteiger partial charge in [-0.25, -0.2) is 0 Å². The lowest BCUT2D eigenvalue weighted by Crippen LogP contribution is -2.55. The maximum atomic E-state index is 12.8. The van der Waals surface area contributed by atoms with Crippen molar-refractivity contribution < 1.29 is 38.2 Å². The highest BCUT2D eigenvalue weighted by Gasteiger charge is 2.25. The van der Waals surface area contributed by atoms with Crippen molar-refractivity contribution in [1.82, 2.24) is 0 Å². The number of unbranched alkanes of at least 4 members (excludes halogenated alkanes) is 27. The second kappa shape index (κ2) is 45.1. The average Bonchev–Trinajstić information content (AvgIpc) is 3.23. The first-order valence-corrected chi connectivity index (χ1v) is 26.0. The third-order valence-corrected chi connectivity index (χ3v) is 11.8. The summed E-state index contributed by atoms with van der Waals surface area (Å²) in [5.41, 5.74) is 0. The Morgan fingerprint density at radius 1 is 0.500 bits per heavy atom. The second-order valence-electron chi connectivity index (χ2n) is 18.7. The smallest absolute Gasteiger partial charge is 0.306 e. The molecule has 8 nitrogen and oxygen atoms in total. The van der Waals surface area contributed by atoms with Crippen molar-refractivity contribution in [3.05, 3.63) is 36.5 Å². The van der Waals surface area contributed by atoms with Gasteiger partial charge >= 0.3 is 11.9 Å². The number of quaternary nitrogens is 1. The number of allylic oxidation sites excluding steroid dienone is 6. The van der Waals surface area contributed by atoms with Crippen molar-refractivity contribution in [1.29, 1.82) is 0 Å². The SMILES string of the molecule is CC/C=C/C/C=C/C/C=C/CCCCCCCCCCCCCC(=O)OC(COCCC(C(=O)[O-])[N+](C)(C)C)COC(=O)CCCCCCCCCCCCCCCCCCC. The van der Waals surface area contributed by atoms with E-state index in [9.17, 15) is 19.5 Å². The van der Waals surface area contributed by atoms with E-state index in [2.05, 4.69) is 50.3 Å². The number of hydrogen-bond donors (Lipinski definition) is 0. The van der Waals surface area contributed by atoms with Gasteiger partial charge in [-0.3, -0.25) is 9.59 Å². The molecule has 0 saturated carbocycles. The third kappa shape index (κ3) is 42.8.